The van der Waals surface area contributed by atoms with E-state index >= 15 is 0 Å². The molecule has 0 N–H and O–H groups in total. The number of carbonyl (C=O) groups excluding carboxylic acids is 1. The summed E-state index contributed by atoms with van der Waals surface area (Å²) in [4.78, 5) is 16.4. The van der Waals surface area contributed by atoms with Gasteiger partial charge in [-0.2, -0.15) is 0 Å². The lowest BCUT2D eigenvalue weighted by Gasteiger charge is -2.20. The van der Waals surface area contributed by atoms with E-state index in [4.69, 9.17) is 0 Å². The number of rotatable bonds is 5. The van der Waals surface area contributed by atoms with Gasteiger partial charge in [-0.3, -0.25) is 4.79 Å². The highest BCUT2D eigenvalue weighted by Gasteiger charge is 2.23. The number of aromatic nitrogens is 2. The van der Waals surface area contributed by atoms with Crippen LogP contribution in [0.5, 0.6) is 0 Å². The first-order valence-electron chi connectivity index (χ1n) is 8.15. The van der Waals surface area contributed by atoms with Crippen molar-refractivity contribution in [3.63, 3.8) is 0 Å². The Morgan fingerprint density at radius 2 is 2.00 bits per heavy atom. The summed E-state index contributed by atoms with van der Waals surface area (Å²) < 4.78 is 0. The summed E-state index contributed by atoms with van der Waals surface area (Å²) in [5.74, 6) is 0.198. The smallest absolute Gasteiger partial charge is 0.242 e. The summed E-state index contributed by atoms with van der Waals surface area (Å²) in [7, 11) is 0. The molecule has 122 valence electrons. The van der Waals surface area contributed by atoms with Crippen LogP contribution in [-0.2, 0) is 11.2 Å². The van der Waals surface area contributed by atoms with E-state index in [9.17, 15) is 4.79 Å². The molecule has 23 heavy (non-hydrogen) atoms. The topological polar surface area (TPSA) is 49.3 Å². The summed E-state index contributed by atoms with van der Waals surface area (Å²) in [5, 5.41) is 10.5. The van der Waals surface area contributed by atoms with Gasteiger partial charge in [-0.25, -0.2) is 0 Å². The molecule has 1 saturated heterocycles. The molecule has 0 unspecified atom stereocenters. The predicted octanol–water partition coefficient (Wildman–Crippen LogP) is 2.58. The molecule has 1 fully saturated rings. The van der Waals surface area contributed by atoms with Gasteiger partial charge in [0.05, 0.1) is 6.54 Å². The molecule has 1 aliphatic rings. The van der Waals surface area contributed by atoms with Gasteiger partial charge in [-0.15, -0.1) is 10.2 Å². The second kappa shape index (κ2) is 7.55. The zero-order valence-electron chi connectivity index (χ0n) is 13.4. The SMILES string of the molecule is CCCN1CCCN(c2nnc(Cc3ccccc3)s2)CC1=O. The van der Waals surface area contributed by atoms with Gasteiger partial charge >= 0.3 is 0 Å². The minimum absolute atomic E-state index is 0.198. The van der Waals surface area contributed by atoms with E-state index in [2.05, 4.69) is 34.2 Å². The molecular formula is C17H22N4OS. The molecule has 0 radical (unpaired) electrons. The maximum atomic E-state index is 12.3. The van der Waals surface area contributed by atoms with Gasteiger partial charge in [0.2, 0.25) is 11.0 Å². The number of hydrogen-bond donors (Lipinski definition) is 0. The number of nitrogens with zero attached hydrogens (tertiary/aromatic N) is 4. The van der Waals surface area contributed by atoms with Crippen LogP contribution in [0.3, 0.4) is 0 Å². The van der Waals surface area contributed by atoms with Crippen molar-refractivity contribution in [1.29, 1.82) is 0 Å². The van der Waals surface area contributed by atoms with Crippen molar-refractivity contribution in [3.05, 3.63) is 40.9 Å². The molecule has 5 nitrogen and oxygen atoms in total. The van der Waals surface area contributed by atoms with Gasteiger partial charge in [0.25, 0.3) is 0 Å². The lowest BCUT2D eigenvalue weighted by atomic mass is 10.2. The zero-order chi connectivity index (χ0) is 16.1. The molecule has 2 heterocycles. The maximum absolute atomic E-state index is 12.3. The third-order valence-corrected chi connectivity index (χ3v) is 4.94. The summed E-state index contributed by atoms with van der Waals surface area (Å²) in [6.45, 7) is 5.09. The first-order valence-corrected chi connectivity index (χ1v) is 8.97. The molecule has 1 amide bonds. The number of anilines is 1. The van der Waals surface area contributed by atoms with Crippen LogP contribution in [0.1, 0.15) is 30.3 Å². The lowest BCUT2D eigenvalue weighted by Crippen LogP contribution is -2.37. The molecule has 1 aromatic carbocycles. The molecule has 2 aromatic rings. The largest absolute Gasteiger partial charge is 0.341 e. The van der Waals surface area contributed by atoms with Crippen LogP contribution in [0, 0.1) is 0 Å². The summed E-state index contributed by atoms with van der Waals surface area (Å²) in [6, 6.07) is 10.3. The fraction of sp³-hybridized carbons (Fsp3) is 0.471. The van der Waals surface area contributed by atoms with Crippen molar-refractivity contribution in [2.75, 3.05) is 31.1 Å². The Morgan fingerprint density at radius 1 is 1.17 bits per heavy atom. The van der Waals surface area contributed by atoms with E-state index < -0.39 is 0 Å². The molecule has 1 aromatic heterocycles. The number of benzene rings is 1. The quantitative estimate of drug-likeness (QED) is 0.845. The van der Waals surface area contributed by atoms with Crippen LogP contribution < -0.4 is 4.90 Å². The van der Waals surface area contributed by atoms with Crippen molar-refractivity contribution in [2.24, 2.45) is 0 Å². The Kier molecular flexibility index (Phi) is 5.23. The minimum Gasteiger partial charge on any atom is -0.341 e. The van der Waals surface area contributed by atoms with Crippen LogP contribution in [-0.4, -0.2) is 47.2 Å². The van der Waals surface area contributed by atoms with E-state index in [-0.39, 0.29) is 5.91 Å². The number of amides is 1. The second-order valence-corrected chi connectivity index (χ2v) is 6.84. The van der Waals surface area contributed by atoms with Gasteiger partial charge in [-0.1, -0.05) is 48.6 Å². The van der Waals surface area contributed by atoms with Crippen molar-refractivity contribution >= 4 is 22.4 Å². The summed E-state index contributed by atoms with van der Waals surface area (Å²) >= 11 is 1.59. The molecule has 6 heteroatoms. The van der Waals surface area contributed by atoms with Crippen LogP contribution in [0.2, 0.25) is 0 Å². The highest BCUT2D eigenvalue weighted by atomic mass is 32.1. The summed E-state index contributed by atoms with van der Waals surface area (Å²) in [6.07, 6.45) is 2.79. The van der Waals surface area contributed by atoms with Crippen molar-refractivity contribution < 1.29 is 4.79 Å². The normalized spacial score (nSPS) is 15.8. The molecule has 0 spiro atoms. The van der Waals surface area contributed by atoms with E-state index in [0.29, 0.717) is 6.54 Å². The highest BCUT2D eigenvalue weighted by Crippen LogP contribution is 2.23. The molecule has 0 saturated carbocycles. The second-order valence-electron chi connectivity index (χ2n) is 5.80. The van der Waals surface area contributed by atoms with Gasteiger partial charge < -0.3 is 9.80 Å². The molecule has 0 atom stereocenters. The van der Waals surface area contributed by atoms with Crippen molar-refractivity contribution in [1.82, 2.24) is 15.1 Å². The van der Waals surface area contributed by atoms with Gasteiger partial charge in [-0.05, 0) is 18.4 Å². The monoisotopic (exact) mass is 330 g/mol. The number of carbonyl (C=O) groups is 1. The Morgan fingerprint density at radius 3 is 2.78 bits per heavy atom. The average Bonchev–Trinajstić information content (AvgIpc) is 2.94. The first-order chi connectivity index (χ1) is 11.3. The Labute approximate surface area is 140 Å². The predicted molar refractivity (Wildman–Crippen MR) is 92.9 cm³/mol. The highest BCUT2D eigenvalue weighted by molar-refractivity contribution is 7.15. The van der Waals surface area contributed by atoms with Crippen LogP contribution in [0.4, 0.5) is 5.13 Å². The average molecular weight is 330 g/mol. The van der Waals surface area contributed by atoms with Crippen molar-refractivity contribution in [2.45, 2.75) is 26.2 Å². The fourth-order valence-electron chi connectivity index (χ4n) is 2.80. The number of hydrogen-bond acceptors (Lipinski definition) is 5. The molecule has 0 aliphatic carbocycles. The Bertz CT molecular complexity index is 643. The molecule has 3 rings (SSSR count). The third kappa shape index (κ3) is 4.07. The Balaban J connectivity index is 1.66. The third-order valence-electron chi connectivity index (χ3n) is 3.95. The van der Waals surface area contributed by atoms with Crippen LogP contribution in [0.15, 0.2) is 30.3 Å². The minimum atomic E-state index is 0.198. The molecule has 0 bridgehead atoms. The Hall–Kier alpha value is -1.95. The first kappa shape index (κ1) is 15.9. The van der Waals surface area contributed by atoms with E-state index in [0.717, 1.165) is 49.0 Å². The van der Waals surface area contributed by atoms with E-state index in [1.165, 1.54) is 5.56 Å². The lowest BCUT2D eigenvalue weighted by molar-refractivity contribution is -0.129. The van der Waals surface area contributed by atoms with Gasteiger partial charge in [0, 0.05) is 26.1 Å². The zero-order valence-corrected chi connectivity index (χ0v) is 14.3. The van der Waals surface area contributed by atoms with Crippen LogP contribution in [0.25, 0.3) is 0 Å². The van der Waals surface area contributed by atoms with E-state index in [1.54, 1.807) is 11.3 Å². The standard InChI is InChI=1S/C17H22N4OS/c1-2-9-20-10-6-11-21(13-16(20)22)17-19-18-15(23-17)12-14-7-4-3-5-8-14/h3-5,7-8H,2,6,9-13H2,1H3. The maximum Gasteiger partial charge on any atom is 0.242 e. The summed E-state index contributed by atoms with van der Waals surface area (Å²) in [5.41, 5.74) is 1.23. The van der Waals surface area contributed by atoms with Crippen molar-refractivity contribution in [3.8, 4) is 0 Å². The fourth-order valence-corrected chi connectivity index (χ4v) is 3.70. The molecular weight excluding hydrogens is 308 g/mol. The molecule has 1 aliphatic heterocycles. The van der Waals surface area contributed by atoms with Gasteiger partial charge in [0.1, 0.15) is 5.01 Å². The van der Waals surface area contributed by atoms with Gasteiger partial charge in [0.15, 0.2) is 0 Å². The van der Waals surface area contributed by atoms with E-state index in [1.807, 2.05) is 23.1 Å². The van der Waals surface area contributed by atoms with Crippen LogP contribution >= 0.6 is 11.3 Å².